The molecule has 6 aliphatic rings. The van der Waals surface area contributed by atoms with Crippen molar-refractivity contribution < 1.29 is 30.0 Å². The number of piperidine rings is 4. The topological polar surface area (TPSA) is 122 Å². The Hall–Kier alpha value is -2.42. The molecule has 8 heteroatoms. The summed E-state index contributed by atoms with van der Waals surface area (Å²) >= 11 is 0. The Balaban J connectivity index is 0.000000235. The van der Waals surface area contributed by atoms with Gasteiger partial charge in [-0.3, -0.25) is 4.90 Å². The molecule has 8 nitrogen and oxygen atoms in total. The number of aliphatic hydroxyl groups excluding tert-OH is 2. The molecule has 1 spiro atoms. The maximum Gasteiger partial charge on any atom is 0.328 e. The molecule has 4 N–H and O–H groups in total. The molecule has 32 heavy (non-hydrogen) atoms. The van der Waals surface area contributed by atoms with Crippen molar-refractivity contribution in [2.75, 3.05) is 11.9 Å². The highest BCUT2D eigenvalue weighted by Crippen LogP contribution is 2.68. The molecule has 1 aliphatic carbocycles. The first kappa shape index (κ1) is 21.4. The van der Waals surface area contributed by atoms with Gasteiger partial charge in [0.25, 0.3) is 0 Å². The number of para-hydroxylation sites is 1. The van der Waals surface area contributed by atoms with E-state index in [1.165, 1.54) is 11.3 Å². The number of nitrogens with zero attached hydrogens (tertiary/aromatic N) is 2. The van der Waals surface area contributed by atoms with Crippen LogP contribution in [0.1, 0.15) is 31.7 Å². The van der Waals surface area contributed by atoms with E-state index in [1.54, 1.807) is 0 Å². The first-order valence-corrected chi connectivity index (χ1v) is 11.3. The van der Waals surface area contributed by atoms with Gasteiger partial charge < -0.3 is 25.3 Å². The van der Waals surface area contributed by atoms with Gasteiger partial charge in [-0.15, -0.1) is 0 Å². The van der Waals surface area contributed by atoms with E-state index in [2.05, 4.69) is 48.0 Å². The second-order valence-electron chi connectivity index (χ2n) is 9.82. The predicted octanol–water partition coefficient (Wildman–Crippen LogP) is 1.27. The van der Waals surface area contributed by atoms with Crippen molar-refractivity contribution in [1.82, 2.24) is 4.90 Å². The van der Waals surface area contributed by atoms with Crippen LogP contribution in [0.2, 0.25) is 0 Å². The minimum Gasteiger partial charge on any atom is -0.478 e. The number of fused-ring (bicyclic) bond motifs is 2. The number of benzene rings is 1. The maximum atomic E-state index is 11.6. The summed E-state index contributed by atoms with van der Waals surface area (Å²) < 4.78 is 0. The number of likely N-dealkylation sites (N-methyl/N-ethyl adjacent to an activating group) is 1. The molecule has 1 aromatic carbocycles. The first-order valence-electron chi connectivity index (χ1n) is 11.3. The number of rotatable bonds is 3. The number of carbonyl (C=O) groups is 2. The van der Waals surface area contributed by atoms with Crippen LogP contribution in [0.25, 0.3) is 0 Å². The summed E-state index contributed by atoms with van der Waals surface area (Å²) in [6.07, 6.45) is 3.67. The van der Waals surface area contributed by atoms with Gasteiger partial charge in [-0.2, -0.15) is 0 Å². The molecule has 1 aromatic rings. The van der Waals surface area contributed by atoms with Crippen molar-refractivity contribution in [3.63, 3.8) is 0 Å². The molecule has 5 fully saturated rings. The van der Waals surface area contributed by atoms with Gasteiger partial charge in [-0.1, -0.05) is 25.1 Å². The van der Waals surface area contributed by atoms with Crippen LogP contribution in [0, 0.1) is 17.8 Å². The van der Waals surface area contributed by atoms with Crippen molar-refractivity contribution >= 4 is 17.6 Å². The van der Waals surface area contributed by atoms with E-state index in [0.29, 0.717) is 48.0 Å². The number of aliphatic carboxylic acids is 2. The van der Waals surface area contributed by atoms with Crippen LogP contribution in [0.15, 0.2) is 36.4 Å². The fourth-order valence-electron chi connectivity index (χ4n) is 8.02. The van der Waals surface area contributed by atoms with E-state index in [-0.39, 0.29) is 17.7 Å². The van der Waals surface area contributed by atoms with Crippen LogP contribution < -0.4 is 4.90 Å². The summed E-state index contributed by atoms with van der Waals surface area (Å²) in [5.41, 5.74) is 2.51. The number of hydrogen-bond donors (Lipinski definition) is 4. The summed E-state index contributed by atoms with van der Waals surface area (Å²) in [4.78, 5) is 23.9. The zero-order chi connectivity index (χ0) is 22.9. The van der Waals surface area contributed by atoms with Crippen LogP contribution in [-0.4, -0.2) is 74.8 Å². The molecular formula is C24H30N2O6. The lowest BCUT2D eigenvalue weighted by Gasteiger charge is -2.62. The van der Waals surface area contributed by atoms with Gasteiger partial charge >= 0.3 is 11.9 Å². The Morgan fingerprint density at radius 2 is 1.78 bits per heavy atom. The molecule has 1 saturated carbocycles. The lowest BCUT2D eigenvalue weighted by atomic mass is 9.62. The molecule has 0 amide bonds. The number of carboxylic acids is 2. The van der Waals surface area contributed by atoms with Gasteiger partial charge in [0.1, 0.15) is 6.23 Å². The molecule has 7 rings (SSSR count). The third kappa shape index (κ3) is 2.60. The van der Waals surface area contributed by atoms with Crippen molar-refractivity contribution in [3.05, 3.63) is 42.0 Å². The van der Waals surface area contributed by atoms with Crippen molar-refractivity contribution in [1.29, 1.82) is 0 Å². The number of aliphatic hydroxyl groups is 2. The third-order valence-corrected chi connectivity index (χ3v) is 8.83. The average Bonchev–Trinajstić information content (AvgIpc) is 3.15. The highest BCUT2D eigenvalue weighted by atomic mass is 16.4. The number of hydrogen-bond acceptors (Lipinski definition) is 6. The second kappa shape index (κ2) is 7.30. The van der Waals surface area contributed by atoms with Gasteiger partial charge in [-0.05, 0) is 36.8 Å². The largest absolute Gasteiger partial charge is 0.478 e. The molecule has 10 atom stereocenters. The molecule has 5 bridgehead atoms. The fraction of sp³-hybridized carbons (Fsp3) is 0.583. The van der Waals surface area contributed by atoms with Gasteiger partial charge in [0.15, 0.2) is 0 Å². The van der Waals surface area contributed by atoms with E-state index >= 15 is 0 Å². The Kier molecular flexibility index (Phi) is 4.89. The Labute approximate surface area is 186 Å². The molecular weight excluding hydrogens is 412 g/mol. The van der Waals surface area contributed by atoms with E-state index < -0.39 is 11.9 Å². The Morgan fingerprint density at radius 3 is 2.41 bits per heavy atom. The fourth-order valence-corrected chi connectivity index (χ4v) is 8.02. The van der Waals surface area contributed by atoms with Gasteiger partial charge in [0.2, 0.25) is 0 Å². The summed E-state index contributed by atoms with van der Waals surface area (Å²) in [5.74, 6) is -1.38. The first-order chi connectivity index (χ1) is 15.2. The predicted molar refractivity (Wildman–Crippen MR) is 116 cm³/mol. The van der Waals surface area contributed by atoms with Crippen molar-refractivity contribution in [2.45, 2.75) is 62.1 Å². The summed E-state index contributed by atoms with van der Waals surface area (Å²) in [6.45, 7) is 2.19. The van der Waals surface area contributed by atoms with E-state index in [4.69, 9.17) is 10.2 Å². The molecule has 4 saturated heterocycles. The zero-order valence-corrected chi connectivity index (χ0v) is 18.2. The average molecular weight is 443 g/mol. The van der Waals surface area contributed by atoms with Gasteiger partial charge in [0.05, 0.1) is 12.1 Å². The quantitative estimate of drug-likeness (QED) is 0.517. The normalized spacial score (nSPS) is 44.2. The van der Waals surface area contributed by atoms with Crippen molar-refractivity contribution in [2.24, 2.45) is 17.8 Å². The Morgan fingerprint density at radius 1 is 1.12 bits per heavy atom. The maximum absolute atomic E-state index is 11.6. The highest BCUT2D eigenvalue weighted by molar-refractivity contribution is 5.89. The molecule has 0 radical (unpaired) electrons. The van der Waals surface area contributed by atoms with Crippen LogP contribution in [-0.2, 0) is 15.0 Å². The van der Waals surface area contributed by atoms with Gasteiger partial charge in [-0.25, -0.2) is 9.59 Å². The zero-order valence-electron chi connectivity index (χ0n) is 18.2. The van der Waals surface area contributed by atoms with E-state index in [9.17, 15) is 19.8 Å². The van der Waals surface area contributed by atoms with Crippen LogP contribution in [0.3, 0.4) is 0 Å². The number of carboxylic acid groups (broad SMARTS) is 2. The van der Waals surface area contributed by atoms with Crippen LogP contribution in [0.4, 0.5) is 5.69 Å². The van der Waals surface area contributed by atoms with Crippen LogP contribution >= 0.6 is 0 Å². The molecule has 5 aliphatic heterocycles. The Bertz CT molecular complexity index is 965. The lowest BCUT2D eigenvalue weighted by Crippen LogP contribution is -2.72. The molecule has 2 unspecified atom stereocenters. The highest BCUT2D eigenvalue weighted by Gasteiger charge is 2.76. The monoisotopic (exact) mass is 442 g/mol. The number of anilines is 1. The molecule has 172 valence electrons. The summed E-state index contributed by atoms with van der Waals surface area (Å²) in [5, 5.41) is 38.3. The van der Waals surface area contributed by atoms with Crippen LogP contribution in [0.5, 0.6) is 0 Å². The standard InChI is InChI=1S/C20H26N2O2.C4H4O4/c1-3-10-11-8-14-17-20(12-6-4-5-7-13(12)21(17)2)9-15(16(11)18(20)23)22(14)19(10)24;5-3(6)1-2-4(7)8/h4-7,10-11,14-19,23-24H,3,8-9H2,1-2H3;1-2H,(H,5,6)(H,7,8)/b;2-1+/t10-,11+,14+,15+,16?,17+,18+,19+,20-;/m1./s1. The SMILES string of the molecule is CC[C@@H]1[C@@H]2C[C@H]3[C@@H]4N(C)c5ccccc5[C@]45C[C@@H](C2[C@@H]5O)N3[C@H]1O.O=C(O)/C=C/C(=O)O. The minimum atomic E-state index is -1.26. The summed E-state index contributed by atoms with van der Waals surface area (Å²) in [7, 11) is 2.19. The summed E-state index contributed by atoms with van der Waals surface area (Å²) in [6, 6.07) is 9.70. The lowest BCUT2D eigenvalue weighted by molar-refractivity contribution is -0.211. The minimum absolute atomic E-state index is 0.126. The van der Waals surface area contributed by atoms with E-state index in [0.717, 1.165) is 19.3 Å². The van der Waals surface area contributed by atoms with Gasteiger partial charge in [0, 0.05) is 54.2 Å². The third-order valence-electron chi connectivity index (χ3n) is 8.83. The molecule has 5 heterocycles. The van der Waals surface area contributed by atoms with Crippen molar-refractivity contribution in [3.8, 4) is 0 Å². The second-order valence-corrected chi connectivity index (χ2v) is 9.82. The van der Waals surface area contributed by atoms with E-state index in [1.807, 2.05) is 0 Å². The smallest absolute Gasteiger partial charge is 0.328 e. The molecule has 0 aromatic heterocycles.